The lowest BCUT2D eigenvalue weighted by molar-refractivity contribution is -0.158. The smallest absolute Gasteiger partial charge is 0.333 e. The number of hydrogen-bond acceptors (Lipinski definition) is 9. The number of nitrogen functional groups attached to an aromatic ring is 1. The average molecular weight is 611 g/mol. The van der Waals surface area contributed by atoms with E-state index in [1.54, 1.807) is 29.2 Å². The fourth-order valence-corrected chi connectivity index (χ4v) is 6.54. The van der Waals surface area contributed by atoms with Crippen LogP contribution in [0.3, 0.4) is 0 Å². The molecule has 12 nitrogen and oxygen atoms in total. The lowest BCUT2D eigenvalue weighted by Gasteiger charge is -2.46. The van der Waals surface area contributed by atoms with Gasteiger partial charge < -0.3 is 25.6 Å². The molecule has 3 heterocycles. The third-order valence-electron chi connectivity index (χ3n) is 7.82. The zero-order valence-electron chi connectivity index (χ0n) is 23.9. The second-order valence-corrected chi connectivity index (χ2v) is 11.5. The second-order valence-electron chi connectivity index (χ2n) is 10.4. The molecule has 1 aromatic heterocycles. The van der Waals surface area contributed by atoms with E-state index in [0.29, 0.717) is 16.4 Å². The van der Waals surface area contributed by atoms with E-state index in [1.165, 1.54) is 21.2 Å². The Hall–Kier alpha value is -5.19. The molecule has 2 fully saturated rings. The predicted molar refractivity (Wildman–Crippen MR) is 164 cm³/mol. The number of hydrazine groups is 1. The Morgan fingerprint density at radius 1 is 1.14 bits per heavy atom. The summed E-state index contributed by atoms with van der Waals surface area (Å²) in [5.41, 5.74) is 9.04. The maximum atomic E-state index is 14.1. The fourth-order valence-electron chi connectivity index (χ4n) is 5.75. The molecular formula is C31H30N8O4S. The van der Waals surface area contributed by atoms with Crippen molar-refractivity contribution >= 4 is 44.5 Å². The van der Waals surface area contributed by atoms with Crippen molar-refractivity contribution in [2.24, 2.45) is 0 Å². The van der Waals surface area contributed by atoms with Crippen LogP contribution in [-0.4, -0.2) is 75.6 Å². The van der Waals surface area contributed by atoms with E-state index < -0.39 is 18.2 Å². The van der Waals surface area contributed by atoms with Crippen LogP contribution in [0.5, 0.6) is 5.75 Å². The number of aromatic nitrogens is 1. The van der Waals surface area contributed by atoms with Gasteiger partial charge in [-0.2, -0.15) is 10.3 Å². The van der Waals surface area contributed by atoms with Gasteiger partial charge >= 0.3 is 6.03 Å². The number of methoxy groups -OCH3 is 1. The van der Waals surface area contributed by atoms with Crippen molar-refractivity contribution < 1.29 is 19.1 Å². The summed E-state index contributed by atoms with van der Waals surface area (Å²) in [5, 5.41) is 15.8. The van der Waals surface area contributed by atoms with Gasteiger partial charge in [0.25, 0.3) is 5.91 Å². The number of para-hydroxylation sites is 1. The summed E-state index contributed by atoms with van der Waals surface area (Å²) in [6.45, 7) is 0.117. The number of nitriles is 1. The lowest BCUT2D eigenvalue weighted by Crippen LogP contribution is -2.62. The molecule has 2 saturated heterocycles. The number of amides is 4. The highest BCUT2D eigenvalue weighted by atomic mass is 32.1. The number of carbonyl (C=O) groups excluding carboxylic acids is 3. The zero-order chi connectivity index (χ0) is 30.8. The van der Waals surface area contributed by atoms with Crippen molar-refractivity contribution in [3.05, 3.63) is 89.5 Å². The van der Waals surface area contributed by atoms with Crippen LogP contribution in [0.25, 0.3) is 10.2 Å². The second kappa shape index (κ2) is 12.2. The Balaban J connectivity index is 1.31. The molecule has 2 atom stereocenters. The molecule has 6 rings (SSSR count). The van der Waals surface area contributed by atoms with E-state index in [0.717, 1.165) is 21.3 Å². The summed E-state index contributed by atoms with van der Waals surface area (Å²) < 4.78 is 6.11. The largest absolute Gasteiger partial charge is 0.497 e. The van der Waals surface area contributed by atoms with Gasteiger partial charge in [-0.1, -0.05) is 65.9 Å². The van der Waals surface area contributed by atoms with Crippen molar-refractivity contribution in [1.29, 1.82) is 5.26 Å². The number of thiazole rings is 1. The Morgan fingerprint density at radius 3 is 2.64 bits per heavy atom. The normalized spacial score (nSPS) is 18.3. The molecule has 0 aliphatic carbocycles. The van der Waals surface area contributed by atoms with Gasteiger partial charge in [-0.25, -0.2) is 14.8 Å². The highest BCUT2D eigenvalue weighted by Crippen LogP contribution is 2.37. The van der Waals surface area contributed by atoms with Crippen LogP contribution in [0.4, 0.5) is 9.93 Å². The number of benzene rings is 3. The third-order valence-corrected chi connectivity index (χ3v) is 8.67. The number of anilines is 1. The number of piperazine rings is 1. The van der Waals surface area contributed by atoms with Crippen LogP contribution in [0.15, 0.2) is 72.8 Å². The number of fused-ring (bicyclic) bond motifs is 2. The number of nitrogens with zero attached hydrogens (tertiary/aromatic N) is 6. The van der Waals surface area contributed by atoms with Crippen molar-refractivity contribution in [3.63, 3.8) is 0 Å². The standard InChI is InChI=1S/C31H30N8O4S/c1-43-23-12-10-20(11-13-23)16-34-31(42)37(15-14-32)38-19-26(40)39-25(38)18-36(29(41)28(39)21-6-3-2-4-7-21)17-22-8-5-9-24-27(22)35-30(33)44-24/h2-13,25,28H,15-19H2,1H3,(H2,33,35)(H,34,42)/t25-,28+/m1/s1. The molecule has 44 heavy (non-hydrogen) atoms. The van der Waals surface area contributed by atoms with Crippen LogP contribution >= 0.6 is 11.3 Å². The minimum absolute atomic E-state index is 0.123. The van der Waals surface area contributed by atoms with Gasteiger partial charge in [0.05, 0.1) is 36.5 Å². The quantitative estimate of drug-likeness (QED) is 0.289. The molecule has 0 spiro atoms. The molecule has 13 heteroatoms. The maximum Gasteiger partial charge on any atom is 0.333 e. The van der Waals surface area contributed by atoms with Gasteiger partial charge in [0, 0.05) is 13.1 Å². The van der Waals surface area contributed by atoms with Crippen molar-refractivity contribution in [2.45, 2.75) is 25.3 Å². The Kier molecular flexibility index (Phi) is 8.01. The van der Waals surface area contributed by atoms with Gasteiger partial charge in [0.1, 0.15) is 24.5 Å². The molecule has 2 aliphatic heterocycles. The molecule has 0 unspecified atom stereocenters. The molecule has 4 aromatic rings. The topological polar surface area (TPSA) is 148 Å². The third kappa shape index (κ3) is 5.48. The summed E-state index contributed by atoms with van der Waals surface area (Å²) in [6, 6.07) is 22.7. The molecule has 3 aromatic carbocycles. The van der Waals surface area contributed by atoms with Gasteiger partial charge in [-0.05, 0) is 34.9 Å². The van der Waals surface area contributed by atoms with E-state index in [1.807, 2.05) is 60.7 Å². The van der Waals surface area contributed by atoms with Crippen molar-refractivity contribution in [3.8, 4) is 11.8 Å². The highest BCUT2D eigenvalue weighted by molar-refractivity contribution is 7.22. The number of carbonyl (C=O) groups is 3. The first-order valence-electron chi connectivity index (χ1n) is 14.0. The van der Waals surface area contributed by atoms with E-state index in [9.17, 15) is 19.6 Å². The number of ether oxygens (including phenoxy) is 1. The van der Waals surface area contributed by atoms with E-state index in [-0.39, 0.29) is 44.5 Å². The maximum absolute atomic E-state index is 14.1. The van der Waals surface area contributed by atoms with Gasteiger partial charge in [-0.15, -0.1) is 0 Å². The SMILES string of the molecule is COc1ccc(CNC(=O)N(CC#N)N2CC(=O)N3[C@@H](c4ccccc4)C(=O)N(Cc4cccc5sc(N)nc45)C[C@@H]32)cc1. The summed E-state index contributed by atoms with van der Waals surface area (Å²) in [7, 11) is 1.58. The highest BCUT2D eigenvalue weighted by Gasteiger charge is 2.52. The van der Waals surface area contributed by atoms with Crippen LogP contribution in [0.1, 0.15) is 22.7 Å². The first-order chi connectivity index (χ1) is 21.4. The average Bonchev–Trinajstić information content (AvgIpc) is 3.58. The molecule has 224 valence electrons. The number of hydrogen-bond donors (Lipinski definition) is 2. The minimum Gasteiger partial charge on any atom is -0.497 e. The molecule has 0 radical (unpaired) electrons. The van der Waals surface area contributed by atoms with Crippen molar-refractivity contribution in [1.82, 2.24) is 30.1 Å². The Morgan fingerprint density at radius 2 is 1.91 bits per heavy atom. The van der Waals surface area contributed by atoms with Crippen LogP contribution < -0.4 is 15.8 Å². The Bertz CT molecular complexity index is 1740. The van der Waals surface area contributed by atoms with Crippen LogP contribution in [0.2, 0.25) is 0 Å². The van der Waals surface area contributed by atoms with Crippen molar-refractivity contribution in [2.75, 3.05) is 32.5 Å². The number of nitrogens with one attached hydrogen (secondary N) is 1. The van der Waals surface area contributed by atoms with E-state index >= 15 is 0 Å². The molecule has 4 amide bonds. The molecule has 3 N–H and O–H groups in total. The number of nitrogens with two attached hydrogens (primary N) is 1. The zero-order valence-corrected chi connectivity index (χ0v) is 24.7. The van der Waals surface area contributed by atoms with Crippen LogP contribution in [-0.2, 0) is 22.7 Å². The van der Waals surface area contributed by atoms with Gasteiger partial charge in [0.15, 0.2) is 5.13 Å². The first-order valence-corrected chi connectivity index (χ1v) is 14.8. The van der Waals surface area contributed by atoms with Crippen LogP contribution in [0, 0.1) is 11.3 Å². The summed E-state index contributed by atoms with van der Waals surface area (Å²) in [4.78, 5) is 48.9. The first kappa shape index (κ1) is 28.9. The summed E-state index contributed by atoms with van der Waals surface area (Å²) in [5.74, 6) is 0.150. The predicted octanol–water partition coefficient (Wildman–Crippen LogP) is 3.09. The fraction of sp³-hybridized carbons (Fsp3) is 0.258. The van der Waals surface area contributed by atoms with Gasteiger partial charge in [-0.3, -0.25) is 9.59 Å². The molecule has 0 saturated carbocycles. The van der Waals surface area contributed by atoms with E-state index in [2.05, 4.69) is 16.4 Å². The Labute approximate surface area is 257 Å². The van der Waals surface area contributed by atoms with Gasteiger partial charge in [0.2, 0.25) is 5.91 Å². The molecular weight excluding hydrogens is 580 g/mol. The molecule has 2 aliphatic rings. The number of urea groups is 1. The van der Waals surface area contributed by atoms with E-state index in [4.69, 9.17) is 10.5 Å². The lowest BCUT2D eigenvalue weighted by atomic mass is 10.00. The number of rotatable bonds is 8. The summed E-state index contributed by atoms with van der Waals surface area (Å²) in [6.07, 6.45) is -0.690. The minimum atomic E-state index is -0.904. The monoisotopic (exact) mass is 610 g/mol. The summed E-state index contributed by atoms with van der Waals surface area (Å²) >= 11 is 1.37. The molecule has 0 bridgehead atoms.